The van der Waals surface area contributed by atoms with Crippen LogP contribution >= 0.6 is 0 Å². The van der Waals surface area contributed by atoms with E-state index in [0.717, 1.165) is 0 Å². The third kappa shape index (κ3) is 2.64. The van der Waals surface area contributed by atoms with Crippen molar-refractivity contribution in [3.63, 3.8) is 0 Å². The van der Waals surface area contributed by atoms with Crippen LogP contribution in [0.3, 0.4) is 0 Å². The highest BCUT2D eigenvalue weighted by Gasteiger charge is 2.39. The van der Waals surface area contributed by atoms with Crippen molar-refractivity contribution < 1.29 is 22.5 Å². The van der Waals surface area contributed by atoms with Gasteiger partial charge in [-0.1, -0.05) is 12.1 Å². The molecule has 17 heavy (non-hydrogen) atoms. The summed E-state index contributed by atoms with van der Waals surface area (Å²) in [7, 11) is -0.687. The van der Waals surface area contributed by atoms with E-state index >= 15 is 0 Å². The van der Waals surface area contributed by atoms with E-state index in [2.05, 4.69) is 9.31 Å². The maximum Gasteiger partial charge on any atom is 0.725 e. The van der Waals surface area contributed by atoms with Gasteiger partial charge in [-0.05, 0) is 12.1 Å². The molecule has 0 aromatic heterocycles. The molecule has 1 heterocycles. The maximum atomic E-state index is 13.2. The van der Waals surface area contributed by atoms with Gasteiger partial charge in [-0.3, -0.25) is 0 Å². The van der Waals surface area contributed by atoms with Crippen LogP contribution in [0.4, 0.5) is 8.63 Å². The molecule has 90 valence electrons. The highest BCUT2D eigenvalue weighted by atomic mass is 19.3. The third-order valence-electron chi connectivity index (χ3n) is 2.20. The Morgan fingerprint density at radius 3 is 2.59 bits per heavy atom. The minimum atomic E-state index is -4.28. The summed E-state index contributed by atoms with van der Waals surface area (Å²) in [5, 5.41) is 0. The van der Waals surface area contributed by atoms with Crippen LogP contribution in [0.15, 0.2) is 30.3 Å². The Morgan fingerprint density at radius 1 is 1.18 bits per heavy atom. The van der Waals surface area contributed by atoms with Gasteiger partial charge in [0.1, 0.15) is 14.1 Å². The summed E-state index contributed by atoms with van der Waals surface area (Å²) >= 11 is 0. The van der Waals surface area contributed by atoms with Crippen LogP contribution in [0.1, 0.15) is 5.56 Å². The number of allylic oxidation sites excluding steroid dienone is 1. The fourth-order valence-corrected chi connectivity index (χ4v) is 1.50. The summed E-state index contributed by atoms with van der Waals surface area (Å²) in [6, 6.07) is 6.56. The molecule has 3 nitrogen and oxygen atoms in total. The lowest BCUT2D eigenvalue weighted by molar-refractivity contribution is -0.458. The van der Waals surface area contributed by atoms with Crippen LogP contribution in [-0.2, 0) is 4.65 Å². The van der Waals surface area contributed by atoms with Gasteiger partial charge in [0.05, 0.1) is 17.1 Å². The van der Waals surface area contributed by atoms with Crippen LogP contribution in [0, 0.1) is 0 Å². The number of hydrogen-bond donors (Lipinski definition) is 0. The van der Waals surface area contributed by atoms with Crippen LogP contribution in [0.25, 0.3) is 5.76 Å². The van der Waals surface area contributed by atoms with E-state index in [-0.39, 0.29) is 11.5 Å². The van der Waals surface area contributed by atoms with Crippen molar-refractivity contribution in [3.05, 3.63) is 35.9 Å². The first kappa shape index (κ1) is 11.6. The molecule has 0 radical (unpaired) electrons. The fraction of sp³-hybridized carbons (Fsp3) is 0.182. The molecule has 0 bridgehead atoms. The molecular formula is C11H12BF2NO2. The van der Waals surface area contributed by atoms with Gasteiger partial charge in [-0.25, -0.2) is 4.58 Å². The fourth-order valence-electron chi connectivity index (χ4n) is 1.50. The van der Waals surface area contributed by atoms with Crippen LogP contribution in [-0.4, -0.2) is 32.0 Å². The van der Waals surface area contributed by atoms with Crippen LogP contribution < -0.4 is 4.65 Å². The zero-order valence-corrected chi connectivity index (χ0v) is 9.56. The summed E-state index contributed by atoms with van der Waals surface area (Å²) in [5.74, 6) is 0.257. The zero-order chi connectivity index (χ0) is 12.5. The van der Waals surface area contributed by atoms with Gasteiger partial charge in [-0.15, -0.1) is 0 Å². The Labute approximate surface area is 98.1 Å². The Kier molecular flexibility index (Phi) is 2.87. The Bertz CT molecular complexity index is 496. The van der Waals surface area contributed by atoms with E-state index in [4.69, 9.17) is 0 Å². The lowest BCUT2D eigenvalue weighted by Crippen LogP contribution is -2.38. The van der Waals surface area contributed by atoms with E-state index in [0.29, 0.717) is 5.56 Å². The molecule has 1 aliphatic heterocycles. The van der Waals surface area contributed by atoms with Crippen molar-refractivity contribution in [2.75, 3.05) is 14.1 Å². The summed E-state index contributed by atoms with van der Waals surface area (Å²) < 4.78 is 37.2. The first-order chi connectivity index (χ1) is 7.98. The number of fused-ring (bicyclic) bond motifs is 1. The molecule has 1 aromatic rings. The van der Waals surface area contributed by atoms with Crippen molar-refractivity contribution in [2.45, 2.75) is 0 Å². The largest absolute Gasteiger partial charge is 0.725 e. The van der Waals surface area contributed by atoms with Gasteiger partial charge in [0.2, 0.25) is 0 Å². The molecule has 0 fully saturated rings. The van der Waals surface area contributed by atoms with Crippen molar-refractivity contribution in [1.82, 2.24) is 0 Å². The average Bonchev–Trinajstić information content (AvgIpc) is 2.24. The number of rotatable bonds is 1. The van der Waals surface area contributed by atoms with Gasteiger partial charge < -0.3 is 17.9 Å². The molecule has 0 saturated heterocycles. The monoisotopic (exact) mass is 239 g/mol. The van der Waals surface area contributed by atoms with Gasteiger partial charge in [0.15, 0.2) is 6.21 Å². The molecule has 0 N–H and O–H groups in total. The highest BCUT2D eigenvalue weighted by Crippen LogP contribution is 2.36. The Hall–Kier alpha value is -1.85. The zero-order valence-electron chi connectivity index (χ0n) is 9.56. The quantitative estimate of drug-likeness (QED) is 0.425. The molecular weight excluding hydrogens is 227 g/mol. The standard InChI is InChI=1S/C11H12BF2NO2/c1-15(2)8-7-11-9-5-3-4-6-10(9)16-12(13,14)17-11/h3-8H,1-2H3/b11-7-. The van der Waals surface area contributed by atoms with Crippen LogP contribution in [0.5, 0.6) is 5.75 Å². The van der Waals surface area contributed by atoms with Gasteiger partial charge >= 0.3 is 7.11 Å². The summed E-state index contributed by atoms with van der Waals surface area (Å²) in [5.41, 5.74) is 0.526. The molecule has 1 aliphatic rings. The second-order valence-electron chi connectivity index (χ2n) is 3.91. The predicted octanol–water partition coefficient (Wildman–Crippen LogP) is 2.15. The number of benzene rings is 1. The van der Waals surface area contributed by atoms with Gasteiger partial charge in [-0.2, -0.15) is 0 Å². The molecule has 0 aliphatic carbocycles. The van der Waals surface area contributed by atoms with E-state index < -0.39 is 7.11 Å². The molecule has 1 aromatic carbocycles. The molecule has 0 atom stereocenters. The first-order valence-electron chi connectivity index (χ1n) is 5.17. The smallest absolute Gasteiger partial charge is 0.627 e. The molecule has 6 heteroatoms. The molecule has 0 spiro atoms. The summed E-state index contributed by atoms with van der Waals surface area (Å²) in [6.45, 7) is 0. The lowest BCUT2D eigenvalue weighted by Gasteiger charge is -2.35. The minimum Gasteiger partial charge on any atom is -0.627 e. The number of nitrogens with zero attached hydrogens (tertiary/aromatic N) is 1. The molecule has 0 saturated carbocycles. The maximum absolute atomic E-state index is 13.2. The lowest BCUT2D eigenvalue weighted by atomic mass is 10.0. The Morgan fingerprint density at radius 2 is 1.88 bits per heavy atom. The molecule has 0 amide bonds. The van der Waals surface area contributed by atoms with Crippen molar-refractivity contribution in [3.8, 4) is 5.75 Å². The average molecular weight is 239 g/mol. The minimum absolute atomic E-state index is 0.116. The second-order valence-corrected chi connectivity index (χ2v) is 3.91. The van der Waals surface area contributed by atoms with E-state index in [1.165, 1.54) is 12.1 Å². The third-order valence-corrected chi connectivity index (χ3v) is 2.20. The predicted molar refractivity (Wildman–Crippen MR) is 62.3 cm³/mol. The normalized spacial score (nSPS) is 18.9. The highest BCUT2D eigenvalue weighted by molar-refractivity contribution is 6.54. The van der Waals surface area contributed by atoms with Gasteiger partial charge in [0.25, 0.3) is 0 Å². The van der Waals surface area contributed by atoms with E-state index in [1.807, 2.05) is 0 Å². The second kappa shape index (κ2) is 4.20. The summed E-state index contributed by atoms with van der Waals surface area (Å²) in [6.07, 6.45) is 3.14. The van der Waals surface area contributed by atoms with Crippen molar-refractivity contribution in [1.29, 1.82) is 0 Å². The Balaban J connectivity index is 2.47. The van der Waals surface area contributed by atoms with Crippen molar-refractivity contribution >= 4 is 19.1 Å². The molecule has 2 rings (SSSR count). The van der Waals surface area contributed by atoms with E-state index in [9.17, 15) is 8.63 Å². The topological polar surface area (TPSA) is 21.5 Å². The van der Waals surface area contributed by atoms with Gasteiger partial charge in [0, 0.05) is 6.08 Å². The number of para-hydroxylation sites is 1. The first-order valence-corrected chi connectivity index (χ1v) is 5.17. The number of hydrogen-bond acceptors (Lipinski definition) is 2. The van der Waals surface area contributed by atoms with Crippen LogP contribution in [0.2, 0.25) is 0 Å². The van der Waals surface area contributed by atoms with E-state index in [1.54, 1.807) is 43.1 Å². The van der Waals surface area contributed by atoms with Crippen molar-refractivity contribution in [2.24, 2.45) is 0 Å². The molecule has 0 unspecified atom stereocenters. The number of halogens is 2. The summed E-state index contributed by atoms with van der Waals surface area (Å²) in [4.78, 5) is 0. The SMILES string of the molecule is C[N+](C)=C/C=C1\O[B-](F)(F)Oc2ccccc21.